The van der Waals surface area contributed by atoms with Crippen LogP contribution < -0.4 is 0 Å². The predicted molar refractivity (Wildman–Crippen MR) is 87.9 cm³/mol. The van der Waals surface area contributed by atoms with Crippen molar-refractivity contribution in [1.82, 2.24) is 9.80 Å². The van der Waals surface area contributed by atoms with Gasteiger partial charge in [-0.05, 0) is 20.3 Å². The molecule has 0 amide bonds. The van der Waals surface area contributed by atoms with E-state index in [-0.39, 0.29) is 5.78 Å². The molecule has 0 aromatic heterocycles. The molecule has 2 rings (SSSR count). The molecule has 1 aromatic carbocycles. The SMILES string of the molecule is CCC(C)N1CCN(CCC(=O)c2ccc(C)cc2)CC1. The van der Waals surface area contributed by atoms with Crippen molar-refractivity contribution in [3.05, 3.63) is 35.4 Å². The number of nitrogens with zero attached hydrogens (tertiary/aromatic N) is 2. The summed E-state index contributed by atoms with van der Waals surface area (Å²) in [5, 5.41) is 0. The van der Waals surface area contributed by atoms with Crippen molar-refractivity contribution in [3.63, 3.8) is 0 Å². The highest BCUT2D eigenvalue weighted by Gasteiger charge is 2.20. The van der Waals surface area contributed by atoms with Crippen LogP contribution in [0.5, 0.6) is 0 Å². The molecule has 0 radical (unpaired) electrons. The summed E-state index contributed by atoms with van der Waals surface area (Å²) in [5.74, 6) is 0.263. The molecule has 0 spiro atoms. The normalized spacial score (nSPS) is 18.6. The molecule has 1 heterocycles. The van der Waals surface area contributed by atoms with Crippen LogP contribution in [-0.2, 0) is 0 Å². The quantitative estimate of drug-likeness (QED) is 0.752. The zero-order valence-corrected chi connectivity index (χ0v) is 13.6. The number of hydrogen-bond donors (Lipinski definition) is 0. The number of rotatable bonds is 6. The van der Waals surface area contributed by atoms with Crippen LogP contribution in [-0.4, -0.2) is 54.3 Å². The van der Waals surface area contributed by atoms with Gasteiger partial charge >= 0.3 is 0 Å². The van der Waals surface area contributed by atoms with E-state index in [9.17, 15) is 4.79 Å². The van der Waals surface area contributed by atoms with Crippen LogP contribution in [0.2, 0.25) is 0 Å². The predicted octanol–water partition coefficient (Wildman–Crippen LogP) is 2.98. The van der Waals surface area contributed by atoms with Gasteiger partial charge in [0.1, 0.15) is 0 Å². The van der Waals surface area contributed by atoms with E-state index in [4.69, 9.17) is 0 Å². The van der Waals surface area contributed by atoms with Gasteiger partial charge in [0.25, 0.3) is 0 Å². The molecule has 1 saturated heterocycles. The van der Waals surface area contributed by atoms with Crippen LogP contribution in [0, 0.1) is 6.92 Å². The monoisotopic (exact) mass is 288 g/mol. The average molecular weight is 288 g/mol. The zero-order valence-electron chi connectivity index (χ0n) is 13.6. The molecule has 21 heavy (non-hydrogen) atoms. The van der Waals surface area contributed by atoms with Crippen molar-refractivity contribution < 1.29 is 4.79 Å². The van der Waals surface area contributed by atoms with E-state index >= 15 is 0 Å². The Morgan fingerprint density at radius 3 is 2.33 bits per heavy atom. The van der Waals surface area contributed by atoms with E-state index in [0.717, 1.165) is 38.3 Å². The Morgan fingerprint density at radius 2 is 1.76 bits per heavy atom. The third-order valence-corrected chi connectivity index (χ3v) is 4.65. The Morgan fingerprint density at radius 1 is 1.14 bits per heavy atom. The second-order valence-electron chi connectivity index (χ2n) is 6.17. The second-order valence-corrected chi connectivity index (χ2v) is 6.17. The summed E-state index contributed by atoms with van der Waals surface area (Å²) in [7, 11) is 0. The summed E-state index contributed by atoms with van der Waals surface area (Å²) in [6.45, 7) is 11.9. The highest BCUT2D eigenvalue weighted by Crippen LogP contribution is 2.11. The van der Waals surface area contributed by atoms with Gasteiger partial charge in [0.2, 0.25) is 0 Å². The smallest absolute Gasteiger partial charge is 0.164 e. The average Bonchev–Trinajstić information content (AvgIpc) is 2.53. The van der Waals surface area contributed by atoms with Gasteiger partial charge in [0.05, 0.1) is 0 Å². The summed E-state index contributed by atoms with van der Waals surface area (Å²) in [5.41, 5.74) is 2.05. The number of benzene rings is 1. The molecule has 0 N–H and O–H groups in total. The first-order valence-corrected chi connectivity index (χ1v) is 8.16. The van der Waals surface area contributed by atoms with E-state index in [1.54, 1.807) is 0 Å². The molecule has 1 fully saturated rings. The van der Waals surface area contributed by atoms with Crippen molar-refractivity contribution in [2.24, 2.45) is 0 Å². The summed E-state index contributed by atoms with van der Waals surface area (Å²) in [4.78, 5) is 17.2. The van der Waals surface area contributed by atoms with Gasteiger partial charge in [-0.15, -0.1) is 0 Å². The molecule has 3 nitrogen and oxygen atoms in total. The van der Waals surface area contributed by atoms with Crippen LogP contribution in [0.15, 0.2) is 24.3 Å². The largest absolute Gasteiger partial charge is 0.300 e. The third kappa shape index (κ3) is 4.65. The van der Waals surface area contributed by atoms with Gasteiger partial charge in [-0.25, -0.2) is 0 Å². The molecule has 116 valence electrons. The summed E-state index contributed by atoms with van der Waals surface area (Å²) < 4.78 is 0. The second kappa shape index (κ2) is 7.71. The fraction of sp³-hybridized carbons (Fsp3) is 0.611. The molecule has 0 saturated carbocycles. The number of piperazine rings is 1. The molecule has 1 aliphatic heterocycles. The van der Waals surface area contributed by atoms with Crippen LogP contribution in [0.1, 0.15) is 42.6 Å². The Labute approximate surface area is 128 Å². The van der Waals surface area contributed by atoms with Crippen molar-refractivity contribution >= 4 is 5.78 Å². The molecule has 1 aliphatic rings. The number of hydrogen-bond acceptors (Lipinski definition) is 3. The Kier molecular flexibility index (Phi) is 5.95. The summed E-state index contributed by atoms with van der Waals surface area (Å²) in [6.07, 6.45) is 1.85. The molecular weight excluding hydrogens is 260 g/mol. The molecule has 1 aromatic rings. The first-order valence-electron chi connectivity index (χ1n) is 8.16. The summed E-state index contributed by atoms with van der Waals surface area (Å²) >= 11 is 0. The lowest BCUT2D eigenvalue weighted by atomic mass is 10.1. The summed E-state index contributed by atoms with van der Waals surface area (Å²) in [6, 6.07) is 8.59. The Bertz CT molecular complexity index is 447. The molecule has 0 bridgehead atoms. The van der Waals surface area contributed by atoms with Gasteiger partial charge in [0, 0.05) is 50.7 Å². The highest BCUT2D eigenvalue weighted by atomic mass is 16.1. The van der Waals surface area contributed by atoms with Gasteiger partial charge in [-0.1, -0.05) is 36.8 Å². The molecular formula is C18H28N2O. The molecule has 0 aliphatic carbocycles. The van der Waals surface area contributed by atoms with Crippen molar-refractivity contribution in [2.45, 2.75) is 39.7 Å². The third-order valence-electron chi connectivity index (χ3n) is 4.65. The van der Waals surface area contributed by atoms with Crippen molar-refractivity contribution in [3.8, 4) is 0 Å². The highest BCUT2D eigenvalue weighted by molar-refractivity contribution is 5.96. The molecule has 3 heteroatoms. The van der Waals surface area contributed by atoms with E-state index < -0.39 is 0 Å². The lowest BCUT2D eigenvalue weighted by Crippen LogP contribution is -2.49. The minimum atomic E-state index is 0.263. The standard InChI is InChI=1S/C18H28N2O/c1-4-16(3)20-13-11-19(12-14-20)10-9-18(21)17-7-5-15(2)6-8-17/h5-8,16H,4,9-14H2,1-3H3. The fourth-order valence-electron chi connectivity index (χ4n) is 2.83. The van der Waals surface area contributed by atoms with Gasteiger partial charge < -0.3 is 4.90 Å². The minimum Gasteiger partial charge on any atom is -0.300 e. The Balaban J connectivity index is 1.74. The number of carbonyl (C=O) groups excluding carboxylic acids is 1. The van der Waals surface area contributed by atoms with E-state index in [1.807, 2.05) is 31.2 Å². The number of carbonyl (C=O) groups is 1. The van der Waals surface area contributed by atoms with E-state index in [1.165, 1.54) is 12.0 Å². The minimum absolute atomic E-state index is 0.263. The van der Waals surface area contributed by atoms with Crippen LogP contribution in [0.4, 0.5) is 0 Å². The fourth-order valence-corrected chi connectivity index (χ4v) is 2.83. The van der Waals surface area contributed by atoms with Crippen molar-refractivity contribution in [2.75, 3.05) is 32.7 Å². The van der Waals surface area contributed by atoms with Gasteiger partial charge in [-0.3, -0.25) is 9.69 Å². The lowest BCUT2D eigenvalue weighted by molar-refractivity contribution is 0.0866. The van der Waals surface area contributed by atoms with Crippen LogP contribution in [0.3, 0.4) is 0 Å². The maximum absolute atomic E-state index is 12.2. The number of aryl methyl sites for hydroxylation is 1. The zero-order chi connectivity index (χ0) is 15.2. The van der Waals surface area contributed by atoms with E-state index in [2.05, 4.69) is 23.6 Å². The Hall–Kier alpha value is -1.19. The van der Waals surface area contributed by atoms with Crippen LogP contribution in [0.25, 0.3) is 0 Å². The maximum Gasteiger partial charge on any atom is 0.164 e. The number of ketones is 1. The first kappa shape index (κ1) is 16.2. The van der Waals surface area contributed by atoms with Gasteiger partial charge in [-0.2, -0.15) is 0 Å². The van der Waals surface area contributed by atoms with Crippen LogP contribution >= 0.6 is 0 Å². The molecule has 1 atom stereocenters. The first-order chi connectivity index (χ1) is 10.1. The van der Waals surface area contributed by atoms with Crippen molar-refractivity contribution in [1.29, 1.82) is 0 Å². The lowest BCUT2D eigenvalue weighted by Gasteiger charge is -2.37. The maximum atomic E-state index is 12.2. The number of Topliss-reactive ketones (excluding diaryl/α,β-unsaturated/α-hetero) is 1. The van der Waals surface area contributed by atoms with E-state index in [0.29, 0.717) is 12.5 Å². The molecule has 1 unspecified atom stereocenters. The topological polar surface area (TPSA) is 23.6 Å². The van der Waals surface area contributed by atoms with Gasteiger partial charge in [0.15, 0.2) is 5.78 Å².